The number of hydrogen-bond donors (Lipinski definition) is 1. The van der Waals surface area contributed by atoms with E-state index >= 15 is 0 Å². The molecule has 1 fully saturated rings. The fourth-order valence-electron chi connectivity index (χ4n) is 2.67. The summed E-state index contributed by atoms with van der Waals surface area (Å²) in [5.74, 6) is 1.43. The van der Waals surface area contributed by atoms with E-state index in [1.54, 1.807) is 18.2 Å². The van der Waals surface area contributed by atoms with Gasteiger partial charge in [0.25, 0.3) is 5.91 Å². The molecule has 1 aromatic heterocycles. The molecule has 0 bridgehead atoms. The van der Waals surface area contributed by atoms with Gasteiger partial charge in [-0.25, -0.2) is 0 Å². The van der Waals surface area contributed by atoms with Crippen LogP contribution < -0.4 is 10.5 Å². The summed E-state index contributed by atoms with van der Waals surface area (Å²) < 4.78 is 11.5. The van der Waals surface area contributed by atoms with Gasteiger partial charge in [-0.15, -0.1) is 0 Å². The lowest BCUT2D eigenvalue weighted by Gasteiger charge is -2.30. The third kappa shape index (κ3) is 3.96. The number of benzene rings is 1. The first kappa shape index (κ1) is 17.0. The topological polar surface area (TPSA) is 81.6 Å². The molecular formula is C17H20BrN3O3. The van der Waals surface area contributed by atoms with Crippen molar-refractivity contribution in [2.24, 2.45) is 5.73 Å². The lowest BCUT2D eigenvalue weighted by atomic mass is 10.0. The number of likely N-dealkylation sites (tertiary alicyclic amines) is 1. The van der Waals surface area contributed by atoms with Gasteiger partial charge in [-0.1, -0.05) is 5.16 Å². The van der Waals surface area contributed by atoms with Gasteiger partial charge in [-0.2, -0.15) is 0 Å². The summed E-state index contributed by atoms with van der Waals surface area (Å²) in [6.45, 7) is 3.57. The summed E-state index contributed by atoms with van der Waals surface area (Å²) in [6.07, 6.45) is 1.70. The molecule has 7 heteroatoms. The zero-order chi connectivity index (χ0) is 17.1. The van der Waals surface area contributed by atoms with E-state index in [2.05, 4.69) is 21.1 Å². The zero-order valence-corrected chi connectivity index (χ0v) is 15.1. The highest BCUT2D eigenvalue weighted by molar-refractivity contribution is 9.10. The lowest BCUT2D eigenvalue weighted by Crippen LogP contribution is -2.42. The molecule has 0 unspecified atom stereocenters. The van der Waals surface area contributed by atoms with Crippen molar-refractivity contribution >= 4 is 21.8 Å². The van der Waals surface area contributed by atoms with Crippen molar-refractivity contribution in [3.05, 3.63) is 45.8 Å². The number of hydrogen-bond acceptors (Lipinski definition) is 5. The molecule has 6 nitrogen and oxygen atoms in total. The maximum absolute atomic E-state index is 12.6. The Hall–Kier alpha value is -1.86. The molecule has 1 aliphatic heterocycles. The summed E-state index contributed by atoms with van der Waals surface area (Å²) in [5.41, 5.74) is 7.26. The average molecular weight is 394 g/mol. The first-order valence-corrected chi connectivity index (χ1v) is 8.71. The van der Waals surface area contributed by atoms with E-state index in [0.29, 0.717) is 31.0 Å². The van der Waals surface area contributed by atoms with Gasteiger partial charge in [0.2, 0.25) is 0 Å². The molecule has 2 heterocycles. The second-order valence-electron chi connectivity index (χ2n) is 5.99. The van der Waals surface area contributed by atoms with Crippen molar-refractivity contribution in [1.82, 2.24) is 10.1 Å². The second-order valence-corrected chi connectivity index (χ2v) is 6.85. The normalized spacial score (nSPS) is 15.5. The lowest BCUT2D eigenvalue weighted by molar-refractivity contribution is 0.0714. The van der Waals surface area contributed by atoms with Crippen LogP contribution in [0.15, 0.2) is 33.3 Å². The van der Waals surface area contributed by atoms with Crippen LogP contribution in [0.25, 0.3) is 0 Å². The minimum Gasteiger partial charge on any atom is -0.486 e. The summed E-state index contributed by atoms with van der Waals surface area (Å²) in [5, 5.41) is 3.89. The number of nitrogens with zero attached hydrogens (tertiary/aromatic N) is 2. The Balaban J connectivity index is 1.64. The Morgan fingerprint density at radius 2 is 2.17 bits per heavy atom. The molecule has 0 atom stereocenters. The fraction of sp³-hybridized carbons (Fsp3) is 0.412. The largest absolute Gasteiger partial charge is 0.486 e. The number of carbonyl (C=O) groups excluding carboxylic acids is 1. The van der Waals surface area contributed by atoms with Crippen LogP contribution in [0.5, 0.6) is 5.75 Å². The van der Waals surface area contributed by atoms with Crippen molar-refractivity contribution in [2.75, 3.05) is 13.1 Å². The Labute approximate surface area is 149 Å². The molecule has 24 heavy (non-hydrogen) atoms. The molecule has 0 radical (unpaired) electrons. The Morgan fingerprint density at radius 3 is 2.79 bits per heavy atom. The van der Waals surface area contributed by atoms with Gasteiger partial charge in [-0.3, -0.25) is 4.79 Å². The first-order valence-electron chi connectivity index (χ1n) is 7.92. The number of amides is 1. The van der Waals surface area contributed by atoms with Crippen LogP contribution in [-0.2, 0) is 6.61 Å². The van der Waals surface area contributed by atoms with Crippen LogP contribution in [0.3, 0.4) is 0 Å². The molecule has 1 aliphatic rings. The summed E-state index contributed by atoms with van der Waals surface area (Å²) in [6, 6.07) is 7.40. The van der Waals surface area contributed by atoms with E-state index in [9.17, 15) is 4.79 Å². The number of aryl methyl sites for hydroxylation is 1. The predicted molar refractivity (Wildman–Crippen MR) is 92.8 cm³/mol. The van der Waals surface area contributed by atoms with E-state index in [1.165, 1.54) is 0 Å². The molecular weight excluding hydrogens is 374 g/mol. The monoisotopic (exact) mass is 393 g/mol. The third-order valence-electron chi connectivity index (χ3n) is 4.06. The number of aromatic nitrogens is 1. The SMILES string of the molecule is Cc1cc(COc2ccc(C(=O)N3CCC(N)CC3)cc2Br)no1. The van der Waals surface area contributed by atoms with Crippen molar-refractivity contribution in [1.29, 1.82) is 0 Å². The minimum absolute atomic E-state index is 0.0290. The first-order chi connectivity index (χ1) is 11.5. The molecule has 0 aliphatic carbocycles. The van der Waals surface area contributed by atoms with E-state index in [-0.39, 0.29) is 11.9 Å². The van der Waals surface area contributed by atoms with Crippen LogP contribution in [0, 0.1) is 6.92 Å². The van der Waals surface area contributed by atoms with Gasteiger partial charge in [0, 0.05) is 30.8 Å². The zero-order valence-electron chi connectivity index (χ0n) is 13.5. The van der Waals surface area contributed by atoms with Crippen molar-refractivity contribution in [3.63, 3.8) is 0 Å². The van der Waals surface area contributed by atoms with Crippen LogP contribution in [0.4, 0.5) is 0 Å². The summed E-state index contributed by atoms with van der Waals surface area (Å²) in [4.78, 5) is 14.4. The quantitative estimate of drug-likeness (QED) is 0.863. The molecule has 128 valence electrons. The van der Waals surface area contributed by atoms with Crippen molar-refractivity contribution in [3.8, 4) is 5.75 Å². The highest BCUT2D eigenvalue weighted by Crippen LogP contribution is 2.27. The molecule has 2 N–H and O–H groups in total. The van der Waals surface area contributed by atoms with E-state index in [1.807, 2.05) is 17.9 Å². The number of piperidine rings is 1. The maximum atomic E-state index is 12.6. The van der Waals surface area contributed by atoms with Gasteiger partial charge in [0.15, 0.2) is 0 Å². The smallest absolute Gasteiger partial charge is 0.253 e. The summed E-state index contributed by atoms with van der Waals surface area (Å²) in [7, 11) is 0. The van der Waals surface area contributed by atoms with Crippen molar-refractivity contribution < 1.29 is 14.1 Å². The van der Waals surface area contributed by atoms with Gasteiger partial charge in [0.1, 0.15) is 23.8 Å². The van der Waals surface area contributed by atoms with Gasteiger partial charge in [0.05, 0.1) is 4.47 Å². The van der Waals surface area contributed by atoms with Crippen LogP contribution >= 0.6 is 15.9 Å². The second kappa shape index (κ2) is 7.36. The molecule has 1 amide bonds. The van der Waals surface area contributed by atoms with Crippen LogP contribution in [-0.4, -0.2) is 35.1 Å². The Morgan fingerprint density at radius 1 is 1.42 bits per heavy atom. The molecule has 1 aromatic carbocycles. The Bertz CT molecular complexity index is 724. The van der Waals surface area contributed by atoms with E-state index in [0.717, 1.165) is 28.8 Å². The number of nitrogens with two attached hydrogens (primary N) is 1. The minimum atomic E-state index is 0.0290. The highest BCUT2D eigenvalue weighted by Gasteiger charge is 2.22. The number of halogens is 1. The van der Waals surface area contributed by atoms with E-state index in [4.69, 9.17) is 15.0 Å². The fourth-order valence-corrected chi connectivity index (χ4v) is 3.17. The van der Waals surface area contributed by atoms with Gasteiger partial charge < -0.3 is 19.9 Å². The molecule has 0 spiro atoms. The van der Waals surface area contributed by atoms with E-state index < -0.39 is 0 Å². The number of rotatable bonds is 4. The maximum Gasteiger partial charge on any atom is 0.253 e. The molecule has 3 rings (SSSR count). The van der Waals surface area contributed by atoms with Gasteiger partial charge in [-0.05, 0) is 53.9 Å². The predicted octanol–water partition coefficient (Wildman–Crippen LogP) is 2.89. The number of carbonyl (C=O) groups is 1. The summed E-state index contributed by atoms with van der Waals surface area (Å²) >= 11 is 3.47. The van der Waals surface area contributed by atoms with Crippen LogP contribution in [0.2, 0.25) is 0 Å². The van der Waals surface area contributed by atoms with Gasteiger partial charge >= 0.3 is 0 Å². The highest BCUT2D eigenvalue weighted by atomic mass is 79.9. The number of ether oxygens (including phenoxy) is 1. The molecule has 2 aromatic rings. The Kier molecular flexibility index (Phi) is 5.20. The van der Waals surface area contributed by atoms with Crippen LogP contribution in [0.1, 0.15) is 34.7 Å². The molecule has 1 saturated heterocycles. The average Bonchev–Trinajstić information content (AvgIpc) is 2.99. The molecule has 0 saturated carbocycles. The third-order valence-corrected chi connectivity index (χ3v) is 4.68. The standard InChI is InChI=1S/C17H20BrN3O3/c1-11-8-14(20-24-11)10-23-16-3-2-12(9-15(16)18)17(22)21-6-4-13(19)5-7-21/h2-3,8-9,13H,4-7,10,19H2,1H3. The van der Waals surface area contributed by atoms with Crippen molar-refractivity contribution in [2.45, 2.75) is 32.4 Å².